The normalized spacial score (nSPS) is 11.7. The second-order valence-corrected chi connectivity index (χ2v) is 10.6. The van der Waals surface area contributed by atoms with Gasteiger partial charge in [-0.05, 0) is 102 Å². The molecule has 0 bridgehead atoms. The Hall–Kier alpha value is -6.54. The summed E-state index contributed by atoms with van der Waals surface area (Å²) < 4.78 is 0. The molecule has 0 heterocycles. The average molecular weight is 615 g/mol. The van der Waals surface area contributed by atoms with E-state index in [-0.39, 0.29) is 11.5 Å². The summed E-state index contributed by atoms with van der Waals surface area (Å²) in [5.74, 6) is 0.251. The first-order chi connectivity index (χ1) is 23.1. The molecule has 228 valence electrons. The Kier molecular flexibility index (Phi) is 9.70. The van der Waals surface area contributed by atoms with Crippen molar-refractivity contribution in [3.05, 3.63) is 168 Å². The summed E-state index contributed by atoms with van der Waals surface area (Å²) in [6.07, 6.45) is 3.98. The van der Waals surface area contributed by atoms with Crippen LogP contribution in [0.1, 0.15) is 22.3 Å². The molecule has 2 N–H and O–H groups in total. The van der Waals surface area contributed by atoms with Crippen LogP contribution >= 0.6 is 0 Å². The van der Waals surface area contributed by atoms with Crippen molar-refractivity contribution in [2.75, 3.05) is 0 Å². The highest BCUT2D eigenvalue weighted by Crippen LogP contribution is 2.27. The van der Waals surface area contributed by atoms with Gasteiger partial charge in [-0.25, -0.2) is 0 Å². The lowest BCUT2D eigenvalue weighted by atomic mass is 10.0. The second kappa shape index (κ2) is 15.0. The van der Waals surface area contributed by atoms with Gasteiger partial charge in [0.2, 0.25) is 0 Å². The van der Waals surface area contributed by atoms with Gasteiger partial charge in [0.25, 0.3) is 0 Å². The van der Waals surface area contributed by atoms with E-state index in [0.717, 1.165) is 40.3 Å². The zero-order valence-electron chi connectivity index (χ0n) is 25.3. The monoisotopic (exact) mass is 614 g/mol. The summed E-state index contributed by atoms with van der Waals surface area (Å²) in [5.41, 5.74) is 7.66. The topological polar surface area (TPSA) is 115 Å². The van der Waals surface area contributed by atoms with Gasteiger partial charge in [0.05, 0.1) is 34.1 Å². The van der Waals surface area contributed by atoms with Crippen molar-refractivity contribution in [2.45, 2.75) is 6.42 Å². The Bertz CT molecular complexity index is 1910. The second-order valence-electron chi connectivity index (χ2n) is 10.6. The highest BCUT2D eigenvalue weighted by atomic mass is 16.3. The van der Waals surface area contributed by atoms with E-state index in [9.17, 15) is 10.2 Å². The fourth-order valence-corrected chi connectivity index (χ4v) is 4.56. The zero-order valence-corrected chi connectivity index (χ0v) is 25.3. The fourth-order valence-electron chi connectivity index (χ4n) is 4.56. The van der Waals surface area contributed by atoms with Crippen LogP contribution in [0.5, 0.6) is 11.5 Å². The van der Waals surface area contributed by atoms with E-state index in [0.29, 0.717) is 22.5 Å². The predicted molar refractivity (Wildman–Crippen MR) is 188 cm³/mol. The van der Waals surface area contributed by atoms with Gasteiger partial charge in [0.1, 0.15) is 11.5 Å². The van der Waals surface area contributed by atoms with Crippen molar-refractivity contribution in [2.24, 2.45) is 30.4 Å². The lowest BCUT2D eigenvalue weighted by Crippen LogP contribution is -1.86. The van der Waals surface area contributed by atoms with Crippen LogP contribution in [0.2, 0.25) is 0 Å². The Morgan fingerprint density at radius 3 is 1.15 bits per heavy atom. The minimum absolute atomic E-state index is 0.126. The van der Waals surface area contributed by atoms with Gasteiger partial charge in [0.15, 0.2) is 0 Å². The van der Waals surface area contributed by atoms with Crippen LogP contribution in [0.15, 0.2) is 176 Å². The van der Waals surface area contributed by atoms with E-state index in [1.54, 1.807) is 48.8 Å². The van der Waals surface area contributed by atoms with E-state index in [2.05, 4.69) is 30.4 Å². The maximum absolute atomic E-state index is 10.2. The molecule has 0 saturated heterocycles. The molecule has 0 atom stereocenters. The van der Waals surface area contributed by atoms with E-state index >= 15 is 0 Å². The van der Waals surface area contributed by atoms with Crippen molar-refractivity contribution in [3.8, 4) is 11.5 Å². The van der Waals surface area contributed by atoms with Crippen molar-refractivity contribution in [1.29, 1.82) is 0 Å². The van der Waals surface area contributed by atoms with Crippen molar-refractivity contribution >= 4 is 46.6 Å². The molecule has 0 saturated carbocycles. The quantitative estimate of drug-likeness (QED) is 0.118. The lowest BCUT2D eigenvalue weighted by Gasteiger charge is -2.03. The first-order valence-electron chi connectivity index (χ1n) is 14.9. The number of aromatic hydroxyl groups is 2. The Morgan fingerprint density at radius 1 is 0.383 bits per heavy atom. The number of hydrogen-bond acceptors (Lipinski definition) is 8. The molecular formula is C39H30N6O2. The third kappa shape index (κ3) is 8.77. The predicted octanol–water partition coefficient (Wildman–Crippen LogP) is 11.0. The van der Waals surface area contributed by atoms with Crippen LogP contribution in [-0.4, -0.2) is 22.6 Å². The first-order valence-corrected chi connectivity index (χ1v) is 14.9. The van der Waals surface area contributed by atoms with Crippen molar-refractivity contribution in [1.82, 2.24) is 0 Å². The Balaban J connectivity index is 1.05. The summed E-state index contributed by atoms with van der Waals surface area (Å²) in [5, 5.41) is 37.8. The van der Waals surface area contributed by atoms with Crippen LogP contribution in [0.25, 0.3) is 0 Å². The molecule has 0 aliphatic rings. The fraction of sp³-hybridized carbons (Fsp3) is 0.0256. The Labute approximate surface area is 272 Å². The standard InChI is InChI=1S/C39H30N6O2/c46-38-21-19-36(24-30(38)26-40-32-7-3-1-4-8-32)44-42-34-15-11-28(12-16-34)23-29-13-17-35(18-14-29)43-45-37-20-22-39(47)31(25-37)27-41-33-9-5-2-6-10-33/h1-22,24-27,46-47H,23H2. The van der Waals surface area contributed by atoms with Crippen molar-refractivity contribution < 1.29 is 10.2 Å². The number of benzene rings is 6. The highest BCUT2D eigenvalue weighted by Gasteiger charge is 2.03. The van der Waals surface area contributed by atoms with E-state index in [4.69, 9.17) is 0 Å². The highest BCUT2D eigenvalue weighted by molar-refractivity contribution is 5.87. The number of hydrogen-bond donors (Lipinski definition) is 2. The molecule has 0 aromatic heterocycles. The summed E-state index contributed by atoms with van der Waals surface area (Å²) in [6, 6.07) is 45.0. The number of para-hydroxylation sites is 2. The summed E-state index contributed by atoms with van der Waals surface area (Å²) >= 11 is 0. The molecule has 0 aliphatic heterocycles. The van der Waals surface area contributed by atoms with Gasteiger partial charge in [0, 0.05) is 23.6 Å². The molecule has 47 heavy (non-hydrogen) atoms. The SMILES string of the molecule is Oc1ccc(N=Nc2ccc(Cc3ccc(N=Nc4ccc(O)c(C=Nc5ccccc5)c4)cc3)cc2)cc1C=Nc1ccccc1. The maximum Gasteiger partial charge on any atom is 0.124 e. The number of phenolic OH excluding ortho intramolecular Hbond substituents is 2. The summed E-state index contributed by atoms with van der Waals surface area (Å²) in [7, 11) is 0. The van der Waals surface area contributed by atoms with E-state index in [1.807, 2.05) is 109 Å². The van der Waals surface area contributed by atoms with Crippen molar-refractivity contribution in [3.63, 3.8) is 0 Å². The third-order valence-electron chi connectivity index (χ3n) is 7.08. The number of phenols is 2. The lowest BCUT2D eigenvalue weighted by molar-refractivity contribution is 0.474. The van der Waals surface area contributed by atoms with Crippen LogP contribution in [0.3, 0.4) is 0 Å². The molecule has 8 heteroatoms. The van der Waals surface area contributed by atoms with Gasteiger partial charge in [-0.15, -0.1) is 0 Å². The molecule has 0 spiro atoms. The smallest absolute Gasteiger partial charge is 0.124 e. The van der Waals surface area contributed by atoms with Crippen LogP contribution in [-0.2, 0) is 6.42 Å². The first kappa shape index (κ1) is 30.5. The largest absolute Gasteiger partial charge is 0.507 e. The molecule has 0 fully saturated rings. The molecule has 6 aromatic carbocycles. The van der Waals surface area contributed by atoms with E-state index < -0.39 is 0 Å². The average Bonchev–Trinajstić information content (AvgIpc) is 3.12. The van der Waals surface area contributed by atoms with Gasteiger partial charge in [-0.3, -0.25) is 9.98 Å². The summed E-state index contributed by atoms with van der Waals surface area (Å²) in [6.45, 7) is 0. The molecule has 0 unspecified atom stereocenters. The molecule has 0 aliphatic carbocycles. The number of azo groups is 2. The van der Waals surface area contributed by atoms with Crippen LogP contribution in [0.4, 0.5) is 34.1 Å². The maximum atomic E-state index is 10.2. The minimum atomic E-state index is 0.126. The third-order valence-corrected chi connectivity index (χ3v) is 7.08. The molecule has 0 radical (unpaired) electrons. The van der Waals surface area contributed by atoms with Gasteiger partial charge in [-0.1, -0.05) is 60.7 Å². The van der Waals surface area contributed by atoms with Crippen LogP contribution < -0.4 is 0 Å². The summed E-state index contributed by atoms with van der Waals surface area (Å²) in [4.78, 5) is 8.82. The number of rotatable bonds is 10. The van der Waals surface area contributed by atoms with Gasteiger partial charge in [-0.2, -0.15) is 20.5 Å². The zero-order chi connectivity index (χ0) is 32.3. The number of nitrogens with zero attached hydrogens (tertiary/aromatic N) is 6. The van der Waals surface area contributed by atoms with Crippen LogP contribution in [0, 0.1) is 0 Å². The molecule has 6 aromatic rings. The number of aliphatic imine (C=N–C) groups is 2. The molecule has 6 rings (SSSR count). The Morgan fingerprint density at radius 2 is 0.745 bits per heavy atom. The van der Waals surface area contributed by atoms with E-state index in [1.165, 1.54) is 0 Å². The molecule has 8 nitrogen and oxygen atoms in total. The van der Waals surface area contributed by atoms with Gasteiger partial charge < -0.3 is 10.2 Å². The minimum Gasteiger partial charge on any atom is -0.507 e. The van der Waals surface area contributed by atoms with Gasteiger partial charge >= 0.3 is 0 Å². The molecule has 0 amide bonds. The molecular weight excluding hydrogens is 584 g/mol.